The number of anilines is 1. The lowest BCUT2D eigenvalue weighted by molar-refractivity contribution is 0.545. The topological polar surface area (TPSA) is 64.1 Å². The predicted molar refractivity (Wildman–Crippen MR) is 115 cm³/mol. The van der Waals surface area contributed by atoms with Crippen LogP contribution >= 0.6 is 15.9 Å². The molecular formula is C22H23BrFN3O. The van der Waals surface area contributed by atoms with Crippen LogP contribution in [0.1, 0.15) is 35.6 Å². The molecule has 2 aromatic carbocycles. The minimum Gasteiger partial charge on any atom is -0.445 e. The molecule has 6 heteroatoms. The van der Waals surface area contributed by atoms with Crippen molar-refractivity contribution in [3.8, 4) is 0 Å². The van der Waals surface area contributed by atoms with Crippen LogP contribution in [-0.2, 0) is 13.0 Å². The Morgan fingerprint density at radius 1 is 1.11 bits per heavy atom. The van der Waals surface area contributed by atoms with Gasteiger partial charge in [-0.2, -0.15) is 0 Å². The molecule has 1 aromatic heterocycles. The third-order valence-electron chi connectivity index (χ3n) is 4.28. The maximum atomic E-state index is 13.8. The van der Waals surface area contributed by atoms with Crippen LogP contribution in [0.15, 0.2) is 57.6 Å². The minimum absolute atomic E-state index is 0.300. The van der Waals surface area contributed by atoms with Gasteiger partial charge in [0.05, 0.1) is 12.2 Å². The number of rotatable bonds is 9. The van der Waals surface area contributed by atoms with Gasteiger partial charge in [-0.1, -0.05) is 34.1 Å². The number of nitrogens with zero attached hydrogens (tertiary/aromatic N) is 1. The SMILES string of the molecule is NCCCCc1ccc(NCc2coc(/C=C/c3ccc(Br)cc3F)n2)cc1. The molecule has 0 unspecified atom stereocenters. The van der Waals surface area contributed by atoms with Gasteiger partial charge in [0.25, 0.3) is 0 Å². The number of halogens is 2. The molecule has 0 fully saturated rings. The first-order valence-corrected chi connectivity index (χ1v) is 10.0. The van der Waals surface area contributed by atoms with Crippen LogP contribution in [-0.4, -0.2) is 11.5 Å². The molecule has 0 aliphatic carbocycles. The van der Waals surface area contributed by atoms with Gasteiger partial charge in [-0.25, -0.2) is 9.37 Å². The summed E-state index contributed by atoms with van der Waals surface area (Å²) in [5, 5.41) is 3.33. The fraction of sp³-hybridized carbons (Fsp3) is 0.227. The molecule has 0 atom stereocenters. The maximum absolute atomic E-state index is 13.8. The first-order valence-electron chi connectivity index (χ1n) is 9.24. The van der Waals surface area contributed by atoms with Crippen molar-refractivity contribution in [1.82, 2.24) is 4.98 Å². The molecule has 146 valence electrons. The Balaban J connectivity index is 1.52. The Kier molecular flexibility index (Phi) is 7.39. The van der Waals surface area contributed by atoms with Gasteiger partial charge in [0.15, 0.2) is 0 Å². The molecule has 0 saturated heterocycles. The summed E-state index contributed by atoms with van der Waals surface area (Å²) < 4.78 is 20.0. The molecule has 3 rings (SSSR count). The number of benzene rings is 2. The Hall–Kier alpha value is -2.44. The third kappa shape index (κ3) is 6.04. The van der Waals surface area contributed by atoms with Crippen LogP contribution in [0.25, 0.3) is 12.2 Å². The fourth-order valence-electron chi connectivity index (χ4n) is 2.73. The molecule has 0 aliphatic rings. The van der Waals surface area contributed by atoms with Gasteiger partial charge in [-0.05, 0) is 61.7 Å². The van der Waals surface area contributed by atoms with Crippen molar-refractivity contribution in [3.63, 3.8) is 0 Å². The van der Waals surface area contributed by atoms with Gasteiger partial charge in [-0.15, -0.1) is 0 Å². The minimum atomic E-state index is -0.300. The number of aryl methyl sites for hydroxylation is 1. The summed E-state index contributed by atoms with van der Waals surface area (Å²) in [5.74, 6) is 0.139. The van der Waals surface area contributed by atoms with Crippen LogP contribution in [0.2, 0.25) is 0 Å². The molecule has 3 N–H and O–H groups in total. The van der Waals surface area contributed by atoms with Crippen molar-refractivity contribution < 1.29 is 8.81 Å². The van der Waals surface area contributed by atoms with E-state index in [1.807, 2.05) is 0 Å². The molecule has 4 nitrogen and oxygen atoms in total. The Labute approximate surface area is 172 Å². The highest BCUT2D eigenvalue weighted by Gasteiger charge is 2.03. The zero-order valence-corrected chi connectivity index (χ0v) is 17.1. The van der Waals surface area contributed by atoms with E-state index in [-0.39, 0.29) is 5.82 Å². The summed E-state index contributed by atoms with van der Waals surface area (Å²) >= 11 is 3.24. The average Bonchev–Trinajstić information content (AvgIpc) is 3.15. The number of nitrogens with one attached hydrogen (secondary N) is 1. The number of aromatic nitrogens is 1. The molecule has 0 spiro atoms. The van der Waals surface area contributed by atoms with Gasteiger partial charge in [0, 0.05) is 21.8 Å². The van der Waals surface area contributed by atoms with Gasteiger partial charge in [0.1, 0.15) is 12.1 Å². The number of hydrogen-bond acceptors (Lipinski definition) is 4. The smallest absolute Gasteiger partial charge is 0.218 e. The monoisotopic (exact) mass is 443 g/mol. The van der Waals surface area contributed by atoms with Gasteiger partial charge >= 0.3 is 0 Å². The van der Waals surface area contributed by atoms with E-state index in [1.54, 1.807) is 30.5 Å². The lowest BCUT2D eigenvalue weighted by Crippen LogP contribution is -2.00. The Bertz CT molecular complexity index is 922. The van der Waals surface area contributed by atoms with Crippen LogP contribution < -0.4 is 11.1 Å². The molecule has 0 radical (unpaired) electrons. The maximum Gasteiger partial charge on any atom is 0.218 e. The van der Waals surface area contributed by atoms with Crippen LogP contribution in [0, 0.1) is 5.82 Å². The van der Waals surface area contributed by atoms with Crippen LogP contribution in [0.5, 0.6) is 0 Å². The van der Waals surface area contributed by atoms with E-state index in [2.05, 4.69) is 50.5 Å². The second-order valence-corrected chi connectivity index (χ2v) is 7.39. The van der Waals surface area contributed by atoms with E-state index >= 15 is 0 Å². The third-order valence-corrected chi connectivity index (χ3v) is 4.78. The largest absolute Gasteiger partial charge is 0.445 e. The second-order valence-electron chi connectivity index (χ2n) is 6.47. The normalized spacial score (nSPS) is 11.2. The number of nitrogens with two attached hydrogens (primary N) is 1. The zero-order valence-electron chi connectivity index (χ0n) is 15.5. The standard InChI is InChI=1S/C22H23BrFN3O/c23-18-8-6-17(21(24)13-18)7-11-22-27-20(15-28-22)14-26-19-9-4-16(5-10-19)3-1-2-12-25/h4-11,13,15,26H,1-3,12,14,25H2/b11-7+. The summed E-state index contributed by atoms with van der Waals surface area (Å²) in [5.41, 5.74) is 9.13. The Morgan fingerprint density at radius 3 is 2.68 bits per heavy atom. The first kappa shape index (κ1) is 20.3. The quantitative estimate of drug-likeness (QED) is 0.420. The molecule has 0 aliphatic heterocycles. The second kappa shape index (κ2) is 10.2. The van der Waals surface area contributed by atoms with Gasteiger partial charge in [0.2, 0.25) is 5.89 Å². The summed E-state index contributed by atoms with van der Waals surface area (Å²) in [6, 6.07) is 13.3. The number of oxazole rings is 1. The van der Waals surface area contributed by atoms with Crippen LogP contribution in [0.4, 0.5) is 10.1 Å². The van der Waals surface area contributed by atoms with Crippen molar-refractivity contribution in [2.24, 2.45) is 5.73 Å². The summed E-state index contributed by atoms with van der Waals surface area (Å²) in [6.45, 7) is 1.29. The molecule has 0 bridgehead atoms. The summed E-state index contributed by atoms with van der Waals surface area (Å²) in [6.07, 6.45) is 8.13. The predicted octanol–water partition coefficient (Wildman–Crippen LogP) is 5.64. The molecular weight excluding hydrogens is 421 g/mol. The van der Waals surface area contributed by atoms with Gasteiger partial charge in [-0.3, -0.25) is 0 Å². The van der Waals surface area contributed by atoms with Crippen LogP contribution in [0.3, 0.4) is 0 Å². The molecule has 0 amide bonds. The highest BCUT2D eigenvalue weighted by Crippen LogP contribution is 2.18. The van der Waals surface area contributed by atoms with Crippen molar-refractivity contribution in [1.29, 1.82) is 0 Å². The fourth-order valence-corrected chi connectivity index (χ4v) is 3.07. The van der Waals surface area contributed by atoms with Crippen molar-refractivity contribution in [2.45, 2.75) is 25.8 Å². The van der Waals surface area contributed by atoms with E-state index in [0.29, 0.717) is 22.5 Å². The van der Waals surface area contributed by atoms with Crippen molar-refractivity contribution in [3.05, 3.63) is 81.7 Å². The van der Waals surface area contributed by atoms with E-state index < -0.39 is 0 Å². The first-order chi connectivity index (χ1) is 13.6. The van der Waals surface area contributed by atoms with E-state index in [0.717, 1.165) is 37.2 Å². The molecule has 1 heterocycles. The van der Waals surface area contributed by atoms with Crippen molar-refractivity contribution in [2.75, 3.05) is 11.9 Å². The number of hydrogen-bond donors (Lipinski definition) is 2. The van der Waals surface area contributed by atoms with E-state index in [4.69, 9.17) is 10.2 Å². The highest BCUT2D eigenvalue weighted by atomic mass is 79.9. The average molecular weight is 444 g/mol. The summed E-state index contributed by atoms with van der Waals surface area (Å²) in [7, 11) is 0. The summed E-state index contributed by atoms with van der Waals surface area (Å²) in [4.78, 5) is 4.40. The van der Waals surface area contributed by atoms with Gasteiger partial charge < -0.3 is 15.5 Å². The Morgan fingerprint density at radius 2 is 1.93 bits per heavy atom. The lowest BCUT2D eigenvalue weighted by atomic mass is 10.1. The van der Waals surface area contributed by atoms with E-state index in [1.165, 1.54) is 11.6 Å². The molecule has 28 heavy (non-hydrogen) atoms. The molecule has 3 aromatic rings. The highest BCUT2D eigenvalue weighted by molar-refractivity contribution is 9.10. The lowest BCUT2D eigenvalue weighted by Gasteiger charge is -2.06. The molecule has 0 saturated carbocycles. The zero-order chi connectivity index (χ0) is 19.8. The number of unbranched alkanes of at least 4 members (excludes halogenated alkanes) is 1. The van der Waals surface area contributed by atoms with E-state index in [9.17, 15) is 4.39 Å². The van der Waals surface area contributed by atoms with Crippen molar-refractivity contribution >= 4 is 33.8 Å².